The van der Waals surface area contributed by atoms with Gasteiger partial charge in [-0.05, 0) is 29.8 Å². The van der Waals surface area contributed by atoms with Crippen LogP contribution in [-0.2, 0) is 9.53 Å². The first-order valence-corrected chi connectivity index (χ1v) is 12.2. The maximum atomic E-state index is 13.4. The van der Waals surface area contributed by atoms with Gasteiger partial charge in [0.25, 0.3) is 11.8 Å². The Hall–Kier alpha value is -4.43. The summed E-state index contributed by atoms with van der Waals surface area (Å²) in [6.45, 7) is 1.80. The summed E-state index contributed by atoms with van der Waals surface area (Å²) in [4.78, 5) is 41.2. The highest BCUT2D eigenvalue weighted by Gasteiger charge is 2.28. The predicted molar refractivity (Wildman–Crippen MR) is 139 cm³/mol. The summed E-state index contributed by atoms with van der Waals surface area (Å²) in [5.74, 6) is -0.850. The largest absolute Gasteiger partial charge is 0.449 e. The molecule has 1 aromatic heterocycles. The number of carbonyl (C=O) groups is 3. The second kappa shape index (κ2) is 11.1. The number of fused-ring (bicyclic) bond motifs is 1. The molecule has 2 N–H and O–H groups in total. The molecule has 1 atom stereocenters. The van der Waals surface area contributed by atoms with Crippen LogP contribution in [0.1, 0.15) is 38.9 Å². The molecule has 1 aliphatic heterocycles. The number of anilines is 1. The number of morpholine rings is 1. The highest BCUT2D eigenvalue weighted by Crippen LogP contribution is 2.32. The lowest BCUT2D eigenvalue weighted by Crippen LogP contribution is -2.40. The van der Waals surface area contributed by atoms with Crippen molar-refractivity contribution in [2.75, 3.05) is 31.6 Å². The van der Waals surface area contributed by atoms with E-state index in [-0.39, 0.29) is 29.9 Å². The van der Waals surface area contributed by atoms with Gasteiger partial charge in [-0.3, -0.25) is 14.4 Å². The maximum absolute atomic E-state index is 13.4. The van der Waals surface area contributed by atoms with E-state index in [0.717, 1.165) is 5.56 Å². The Kier molecular flexibility index (Phi) is 7.28. The topological polar surface area (TPSA) is 101 Å². The molecular weight excluding hydrogens is 470 g/mol. The predicted octanol–water partition coefficient (Wildman–Crippen LogP) is 4.41. The second-order valence-electron chi connectivity index (χ2n) is 8.76. The number of furan rings is 1. The average Bonchev–Trinajstić information content (AvgIpc) is 3.31. The van der Waals surface area contributed by atoms with Crippen LogP contribution < -0.4 is 10.6 Å². The van der Waals surface area contributed by atoms with E-state index in [1.54, 1.807) is 41.3 Å². The van der Waals surface area contributed by atoms with E-state index in [9.17, 15) is 14.4 Å². The standard InChI is InChI=1S/C29H27N3O5/c33-25(19-23(20-9-3-1-4-10-20)30-28(34)21-11-5-2-6-12-21)31-26-22-13-7-8-14-24(22)37-27(26)29(35)32-15-17-36-18-16-32/h1-14,23H,15-19H2,(H,30,34)(H,31,33). The third-order valence-corrected chi connectivity index (χ3v) is 6.29. The zero-order chi connectivity index (χ0) is 25.6. The first kappa shape index (κ1) is 24.3. The van der Waals surface area contributed by atoms with Crippen LogP contribution in [0, 0.1) is 0 Å². The Morgan fingerprint density at radius 2 is 1.49 bits per heavy atom. The van der Waals surface area contributed by atoms with Gasteiger partial charge in [-0.2, -0.15) is 0 Å². The van der Waals surface area contributed by atoms with Gasteiger partial charge in [-0.15, -0.1) is 0 Å². The third kappa shape index (κ3) is 5.54. The minimum atomic E-state index is -0.578. The maximum Gasteiger partial charge on any atom is 0.291 e. The van der Waals surface area contributed by atoms with Crippen LogP contribution in [0.4, 0.5) is 5.69 Å². The molecule has 0 spiro atoms. The number of nitrogens with zero attached hydrogens (tertiary/aromatic N) is 1. The SMILES string of the molecule is O=C(CC(NC(=O)c1ccccc1)c1ccccc1)Nc1c(C(=O)N2CCOCC2)oc2ccccc12. The van der Waals surface area contributed by atoms with Crippen molar-refractivity contribution in [2.24, 2.45) is 0 Å². The van der Waals surface area contributed by atoms with Crippen molar-refractivity contribution in [3.05, 3.63) is 102 Å². The van der Waals surface area contributed by atoms with Gasteiger partial charge in [0.1, 0.15) is 11.3 Å². The minimum Gasteiger partial charge on any atom is -0.449 e. The molecule has 1 saturated heterocycles. The van der Waals surface area contributed by atoms with E-state index in [2.05, 4.69) is 10.6 Å². The lowest BCUT2D eigenvalue weighted by Gasteiger charge is -2.26. The molecule has 1 fully saturated rings. The number of hydrogen-bond acceptors (Lipinski definition) is 5. The fourth-order valence-electron chi connectivity index (χ4n) is 4.37. The molecule has 3 amide bonds. The molecule has 8 nitrogen and oxygen atoms in total. The highest BCUT2D eigenvalue weighted by molar-refractivity contribution is 6.11. The van der Waals surface area contributed by atoms with Crippen LogP contribution in [0.25, 0.3) is 11.0 Å². The van der Waals surface area contributed by atoms with Crippen LogP contribution in [0.3, 0.4) is 0 Å². The van der Waals surface area contributed by atoms with E-state index in [4.69, 9.17) is 9.15 Å². The molecule has 188 valence electrons. The summed E-state index contributed by atoms with van der Waals surface area (Å²) < 4.78 is 11.3. The monoisotopic (exact) mass is 497 g/mol. The molecule has 1 aliphatic rings. The molecule has 1 unspecified atom stereocenters. The molecule has 2 heterocycles. The first-order chi connectivity index (χ1) is 18.1. The Bertz CT molecular complexity index is 1400. The summed E-state index contributed by atoms with van der Waals surface area (Å²) >= 11 is 0. The highest BCUT2D eigenvalue weighted by atomic mass is 16.5. The van der Waals surface area contributed by atoms with Crippen LogP contribution in [-0.4, -0.2) is 48.9 Å². The van der Waals surface area contributed by atoms with Gasteiger partial charge in [0.15, 0.2) is 0 Å². The molecule has 0 aliphatic carbocycles. The van der Waals surface area contributed by atoms with Crippen molar-refractivity contribution in [3.8, 4) is 0 Å². The summed E-state index contributed by atoms with van der Waals surface area (Å²) in [5, 5.41) is 6.51. The number of benzene rings is 3. The van der Waals surface area contributed by atoms with E-state index >= 15 is 0 Å². The van der Waals surface area contributed by atoms with E-state index in [1.807, 2.05) is 48.5 Å². The Morgan fingerprint density at radius 3 is 2.22 bits per heavy atom. The van der Waals surface area contributed by atoms with E-state index in [1.165, 1.54) is 0 Å². The number of hydrogen-bond donors (Lipinski definition) is 2. The summed E-state index contributed by atoms with van der Waals surface area (Å²) in [5.41, 5.74) is 2.14. The average molecular weight is 498 g/mol. The van der Waals surface area contributed by atoms with Gasteiger partial charge < -0.3 is 24.7 Å². The molecule has 5 rings (SSSR count). The van der Waals surface area contributed by atoms with E-state index < -0.39 is 6.04 Å². The third-order valence-electron chi connectivity index (χ3n) is 6.29. The first-order valence-electron chi connectivity index (χ1n) is 12.2. The van der Waals surface area contributed by atoms with Crippen molar-refractivity contribution in [1.29, 1.82) is 0 Å². The fourth-order valence-corrected chi connectivity index (χ4v) is 4.37. The summed E-state index contributed by atoms with van der Waals surface area (Å²) in [6, 6.07) is 24.8. The van der Waals surface area contributed by atoms with E-state index in [0.29, 0.717) is 48.5 Å². The molecule has 0 saturated carbocycles. The smallest absolute Gasteiger partial charge is 0.291 e. The molecule has 0 radical (unpaired) electrons. The second-order valence-corrected chi connectivity index (χ2v) is 8.76. The molecule has 4 aromatic rings. The lowest BCUT2D eigenvalue weighted by atomic mass is 10.0. The summed E-state index contributed by atoms with van der Waals surface area (Å²) in [7, 11) is 0. The quantitative estimate of drug-likeness (QED) is 0.394. The lowest BCUT2D eigenvalue weighted by molar-refractivity contribution is -0.116. The Morgan fingerprint density at radius 1 is 0.838 bits per heavy atom. The molecule has 0 bridgehead atoms. The van der Waals surface area contributed by atoms with Gasteiger partial charge in [0.05, 0.1) is 25.7 Å². The van der Waals surface area contributed by atoms with Gasteiger partial charge in [0, 0.05) is 24.0 Å². The zero-order valence-corrected chi connectivity index (χ0v) is 20.2. The molecule has 37 heavy (non-hydrogen) atoms. The van der Waals surface area contributed by atoms with Crippen molar-refractivity contribution >= 4 is 34.4 Å². The number of para-hydroxylation sites is 1. The number of amides is 3. The number of nitrogens with one attached hydrogen (secondary N) is 2. The Labute approximate surface area is 214 Å². The zero-order valence-electron chi connectivity index (χ0n) is 20.2. The van der Waals surface area contributed by atoms with Crippen molar-refractivity contribution in [3.63, 3.8) is 0 Å². The number of ether oxygens (including phenoxy) is 1. The Balaban J connectivity index is 1.40. The van der Waals surface area contributed by atoms with Gasteiger partial charge >= 0.3 is 0 Å². The van der Waals surface area contributed by atoms with Crippen LogP contribution in [0.2, 0.25) is 0 Å². The van der Waals surface area contributed by atoms with Crippen molar-refractivity contribution in [2.45, 2.75) is 12.5 Å². The minimum absolute atomic E-state index is 0.0344. The molecule has 3 aromatic carbocycles. The van der Waals surface area contributed by atoms with Gasteiger partial charge in [-0.25, -0.2) is 0 Å². The molecule has 8 heteroatoms. The molecular formula is C29H27N3O5. The van der Waals surface area contributed by atoms with Gasteiger partial charge in [0.2, 0.25) is 11.7 Å². The van der Waals surface area contributed by atoms with Crippen molar-refractivity contribution in [1.82, 2.24) is 10.2 Å². The number of rotatable bonds is 7. The normalized spacial score (nSPS) is 14.2. The van der Waals surface area contributed by atoms with Crippen molar-refractivity contribution < 1.29 is 23.5 Å². The fraction of sp³-hybridized carbons (Fsp3) is 0.207. The van der Waals surface area contributed by atoms with Crippen LogP contribution in [0.15, 0.2) is 89.3 Å². The van der Waals surface area contributed by atoms with Crippen LogP contribution in [0.5, 0.6) is 0 Å². The van der Waals surface area contributed by atoms with Gasteiger partial charge in [-0.1, -0.05) is 60.7 Å². The number of carbonyl (C=O) groups excluding carboxylic acids is 3. The van der Waals surface area contributed by atoms with Crippen LogP contribution >= 0.6 is 0 Å². The summed E-state index contributed by atoms with van der Waals surface area (Å²) in [6.07, 6.45) is -0.0344.